The highest BCUT2D eigenvalue weighted by molar-refractivity contribution is 8.00. The fourth-order valence-electron chi connectivity index (χ4n) is 2.03. The average molecular weight is 316 g/mol. The first kappa shape index (κ1) is 16.0. The van der Waals surface area contributed by atoms with Gasteiger partial charge < -0.3 is 5.32 Å². The van der Waals surface area contributed by atoms with Gasteiger partial charge in [-0.15, -0.1) is 11.8 Å². The lowest BCUT2D eigenvalue weighted by Gasteiger charge is -2.08. The molecule has 2 aromatic carbocycles. The Morgan fingerprint density at radius 3 is 2.64 bits per heavy atom. The van der Waals surface area contributed by atoms with Crippen molar-refractivity contribution in [3.05, 3.63) is 63.7 Å². The van der Waals surface area contributed by atoms with Crippen molar-refractivity contribution in [1.82, 2.24) is 0 Å². The van der Waals surface area contributed by atoms with Crippen LogP contribution in [-0.2, 0) is 4.79 Å². The topological polar surface area (TPSA) is 72.2 Å². The molecule has 6 heteroatoms. The molecular weight excluding hydrogens is 300 g/mol. The molecule has 0 bridgehead atoms. The minimum Gasteiger partial charge on any atom is -0.320 e. The maximum absolute atomic E-state index is 12.0. The summed E-state index contributed by atoms with van der Waals surface area (Å²) in [4.78, 5) is 23.4. The number of rotatable bonds is 5. The lowest BCUT2D eigenvalue weighted by molar-refractivity contribution is -0.383. The average Bonchev–Trinajstić information content (AvgIpc) is 2.46. The molecule has 0 heterocycles. The predicted molar refractivity (Wildman–Crippen MR) is 88.4 cm³/mol. The number of thioether (sulfide) groups is 1. The number of nitrogens with one attached hydrogen (secondary N) is 1. The van der Waals surface area contributed by atoms with E-state index < -0.39 is 4.92 Å². The van der Waals surface area contributed by atoms with Gasteiger partial charge in [0, 0.05) is 11.0 Å². The lowest BCUT2D eigenvalue weighted by Crippen LogP contribution is -2.15. The monoisotopic (exact) mass is 316 g/mol. The second-order valence-corrected chi connectivity index (χ2v) is 5.90. The van der Waals surface area contributed by atoms with Crippen LogP contribution in [0.3, 0.4) is 0 Å². The van der Waals surface area contributed by atoms with Crippen molar-refractivity contribution >= 4 is 29.0 Å². The molecule has 0 atom stereocenters. The number of hydrogen-bond acceptors (Lipinski definition) is 4. The maximum atomic E-state index is 12.0. The molecule has 1 N–H and O–H groups in total. The first-order valence-electron chi connectivity index (χ1n) is 6.70. The van der Waals surface area contributed by atoms with Gasteiger partial charge in [0.1, 0.15) is 5.69 Å². The van der Waals surface area contributed by atoms with E-state index in [4.69, 9.17) is 0 Å². The molecule has 1 amide bonds. The summed E-state index contributed by atoms with van der Waals surface area (Å²) in [5, 5.41) is 13.5. The fraction of sp³-hybridized carbons (Fsp3) is 0.188. The molecule has 0 saturated heterocycles. The molecule has 2 aromatic rings. The zero-order chi connectivity index (χ0) is 16.1. The van der Waals surface area contributed by atoms with Crippen molar-refractivity contribution in [2.24, 2.45) is 0 Å². The summed E-state index contributed by atoms with van der Waals surface area (Å²) in [5.74, 6) is -0.0602. The minimum absolute atomic E-state index is 0.104. The molecule has 0 aliphatic heterocycles. The first-order valence-corrected chi connectivity index (χ1v) is 7.69. The van der Waals surface area contributed by atoms with Crippen molar-refractivity contribution in [1.29, 1.82) is 0 Å². The molecule has 114 valence electrons. The van der Waals surface area contributed by atoms with Crippen LogP contribution in [0.1, 0.15) is 11.1 Å². The highest BCUT2D eigenvalue weighted by atomic mass is 32.2. The van der Waals surface area contributed by atoms with Gasteiger partial charge in [-0.25, -0.2) is 0 Å². The van der Waals surface area contributed by atoms with Gasteiger partial charge in [0.05, 0.1) is 10.7 Å². The number of anilines is 1. The van der Waals surface area contributed by atoms with Gasteiger partial charge in [0.25, 0.3) is 5.69 Å². The Balaban J connectivity index is 2.00. The van der Waals surface area contributed by atoms with E-state index in [1.54, 1.807) is 12.1 Å². The SMILES string of the molecule is Cc1ccc(SCC(=O)Nc2ccccc2[N+](=O)[O-])c(C)c1. The van der Waals surface area contributed by atoms with Gasteiger partial charge in [-0.3, -0.25) is 14.9 Å². The minimum atomic E-state index is -0.507. The van der Waals surface area contributed by atoms with Gasteiger partial charge >= 0.3 is 0 Å². The number of nitro benzene ring substituents is 1. The van der Waals surface area contributed by atoms with Gasteiger partial charge in [0.15, 0.2) is 0 Å². The molecule has 0 aliphatic rings. The zero-order valence-corrected chi connectivity index (χ0v) is 13.1. The number of benzene rings is 2. The van der Waals surface area contributed by atoms with Crippen molar-refractivity contribution in [3.8, 4) is 0 Å². The van der Waals surface area contributed by atoms with Gasteiger partial charge in [-0.2, -0.15) is 0 Å². The zero-order valence-electron chi connectivity index (χ0n) is 12.3. The van der Waals surface area contributed by atoms with Crippen molar-refractivity contribution in [2.45, 2.75) is 18.7 Å². The number of aryl methyl sites for hydroxylation is 2. The summed E-state index contributed by atoms with van der Waals surface area (Å²) in [6.45, 7) is 4.01. The molecule has 0 fully saturated rings. The van der Waals surface area contributed by atoms with E-state index in [1.807, 2.05) is 26.0 Å². The number of carbonyl (C=O) groups is 1. The largest absolute Gasteiger partial charge is 0.320 e. The standard InChI is InChI=1S/C16H16N2O3S/c1-11-7-8-15(12(2)9-11)22-10-16(19)17-13-5-3-4-6-14(13)18(20)21/h3-9H,10H2,1-2H3,(H,17,19). The Hall–Kier alpha value is -2.34. The van der Waals surface area contributed by atoms with Crippen LogP contribution in [0.15, 0.2) is 47.4 Å². The second-order valence-electron chi connectivity index (χ2n) is 4.88. The van der Waals surface area contributed by atoms with E-state index in [0.717, 1.165) is 10.5 Å². The first-order chi connectivity index (χ1) is 10.5. The van der Waals surface area contributed by atoms with Crippen LogP contribution in [0.25, 0.3) is 0 Å². The van der Waals surface area contributed by atoms with Crippen molar-refractivity contribution in [3.63, 3.8) is 0 Å². The van der Waals surface area contributed by atoms with Crippen molar-refractivity contribution in [2.75, 3.05) is 11.1 Å². The van der Waals surface area contributed by atoms with Crippen LogP contribution < -0.4 is 5.32 Å². The molecule has 0 radical (unpaired) electrons. The number of nitro groups is 1. The maximum Gasteiger partial charge on any atom is 0.292 e. The van der Waals surface area contributed by atoms with Crippen LogP contribution in [-0.4, -0.2) is 16.6 Å². The smallest absolute Gasteiger partial charge is 0.292 e. The highest BCUT2D eigenvalue weighted by Crippen LogP contribution is 2.25. The molecule has 0 spiro atoms. The molecule has 22 heavy (non-hydrogen) atoms. The molecule has 2 rings (SSSR count). The van der Waals surface area contributed by atoms with Gasteiger partial charge in [-0.1, -0.05) is 29.8 Å². The summed E-state index contributed by atoms with van der Waals surface area (Å²) >= 11 is 1.42. The van der Waals surface area contributed by atoms with Crippen LogP contribution >= 0.6 is 11.8 Å². The molecule has 0 saturated carbocycles. The van der Waals surface area contributed by atoms with E-state index in [2.05, 4.69) is 11.4 Å². The molecule has 0 unspecified atom stereocenters. The summed E-state index contributed by atoms with van der Waals surface area (Å²) in [5.41, 5.74) is 2.40. The Labute approximate surface area is 132 Å². The quantitative estimate of drug-likeness (QED) is 0.515. The number of nitrogens with zero attached hydrogens (tertiary/aromatic N) is 1. The van der Waals surface area contributed by atoms with E-state index in [9.17, 15) is 14.9 Å². The Morgan fingerprint density at radius 2 is 1.95 bits per heavy atom. The van der Waals surface area contributed by atoms with Crippen LogP contribution in [0.2, 0.25) is 0 Å². The van der Waals surface area contributed by atoms with E-state index >= 15 is 0 Å². The highest BCUT2D eigenvalue weighted by Gasteiger charge is 2.14. The number of amides is 1. The number of para-hydroxylation sites is 2. The normalized spacial score (nSPS) is 10.3. The Kier molecular flexibility index (Phi) is 5.16. The summed E-state index contributed by atoms with van der Waals surface area (Å²) < 4.78 is 0. The van der Waals surface area contributed by atoms with Gasteiger partial charge in [-0.05, 0) is 31.5 Å². The summed E-state index contributed by atoms with van der Waals surface area (Å²) in [6.07, 6.45) is 0. The molecular formula is C16H16N2O3S. The molecule has 5 nitrogen and oxygen atoms in total. The molecule has 0 aromatic heterocycles. The molecule has 0 aliphatic carbocycles. The number of hydrogen-bond donors (Lipinski definition) is 1. The third kappa shape index (κ3) is 4.08. The van der Waals surface area contributed by atoms with Gasteiger partial charge in [0.2, 0.25) is 5.91 Å². The third-order valence-corrected chi connectivity index (χ3v) is 4.24. The van der Waals surface area contributed by atoms with E-state index in [0.29, 0.717) is 0 Å². The van der Waals surface area contributed by atoms with Crippen LogP contribution in [0.5, 0.6) is 0 Å². The predicted octanol–water partition coefficient (Wildman–Crippen LogP) is 3.94. The van der Waals surface area contributed by atoms with Crippen LogP contribution in [0, 0.1) is 24.0 Å². The fourth-order valence-corrected chi connectivity index (χ4v) is 2.84. The number of carbonyl (C=O) groups excluding carboxylic acids is 1. The van der Waals surface area contributed by atoms with Crippen LogP contribution in [0.4, 0.5) is 11.4 Å². The Morgan fingerprint density at radius 1 is 1.23 bits per heavy atom. The lowest BCUT2D eigenvalue weighted by atomic mass is 10.2. The summed E-state index contributed by atoms with van der Waals surface area (Å²) in [6, 6.07) is 12.1. The van der Waals surface area contributed by atoms with E-state index in [1.165, 1.54) is 29.5 Å². The van der Waals surface area contributed by atoms with E-state index in [-0.39, 0.29) is 23.0 Å². The summed E-state index contributed by atoms with van der Waals surface area (Å²) in [7, 11) is 0. The third-order valence-electron chi connectivity index (χ3n) is 3.06. The second kappa shape index (κ2) is 7.09. The Bertz CT molecular complexity index is 716. The van der Waals surface area contributed by atoms with Crippen molar-refractivity contribution < 1.29 is 9.72 Å².